The molecule has 2 aromatic heterocycles. The Kier molecular flexibility index (Phi) is 6.57. The second-order valence-electron chi connectivity index (χ2n) is 8.62. The van der Waals surface area contributed by atoms with Crippen LogP contribution in [0.5, 0.6) is 0 Å². The van der Waals surface area contributed by atoms with Gasteiger partial charge in [0.2, 0.25) is 5.91 Å². The molecular weight excluding hydrogens is 512 g/mol. The van der Waals surface area contributed by atoms with Gasteiger partial charge in [-0.3, -0.25) is 4.79 Å². The fraction of sp³-hybridized carbons (Fsp3) is 0.391. The van der Waals surface area contributed by atoms with Crippen molar-refractivity contribution in [2.75, 3.05) is 13.7 Å². The first-order valence-electron chi connectivity index (χ1n) is 10.7. The van der Waals surface area contributed by atoms with E-state index in [1.54, 1.807) is 13.8 Å². The van der Waals surface area contributed by atoms with E-state index in [1.165, 1.54) is 13.3 Å². The number of aromatic nitrogens is 3. The lowest BCUT2D eigenvalue weighted by molar-refractivity contribution is -0.136. The average Bonchev–Trinajstić information content (AvgIpc) is 3.40. The minimum atomic E-state index is -3.09. The largest absolute Gasteiger partial charge is 0.453 e. The lowest BCUT2D eigenvalue weighted by atomic mass is 10.0. The van der Waals surface area contributed by atoms with E-state index < -0.39 is 43.0 Å². The number of aromatic amines is 1. The van der Waals surface area contributed by atoms with Crippen LogP contribution in [-0.4, -0.2) is 57.5 Å². The first-order valence-corrected chi connectivity index (χ1v) is 11.5. The maximum Gasteiger partial charge on any atom is 0.407 e. The Balaban J connectivity index is 1.63. The number of amides is 2. The fourth-order valence-corrected chi connectivity index (χ4v) is 4.43. The molecule has 3 heterocycles. The third-order valence-electron chi connectivity index (χ3n) is 5.78. The Bertz CT molecular complexity index is 1230. The highest BCUT2D eigenvalue weighted by Gasteiger charge is 2.50. The van der Waals surface area contributed by atoms with Gasteiger partial charge < -0.3 is 19.9 Å². The monoisotopic (exact) mass is 535 g/mol. The maximum atomic E-state index is 14.5. The van der Waals surface area contributed by atoms with E-state index in [-0.39, 0.29) is 11.7 Å². The number of imidazole rings is 1. The van der Waals surface area contributed by atoms with Crippen LogP contribution in [-0.2, 0) is 9.53 Å². The minimum absolute atomic E-state index is 0.235. The number of hydrogen-bond acceptors (Lipinski definition) is 5. The lowest BCUT2D eigenvalue weighted by Crippen LogP contribution is -2.51. The number of benzene rings is 1. The molecule has 0 radical (unpaired) electrons. The number of alkyl carbamates (subject to hydrolysis) is 1. The highest BCUT2D eigenvalue weighted by molar-refractivity contribution is 9.10. The molecule has 8 nitrogen and oxygen atoms in total. The van der Waals surface area contributed by atoms with E-state index in [1.807, 2.05) is 30.3 Å². The van der Waals surface area contributed by atoms with Crippen molar-refractivity contribution in [2.24, 2.45) is 5.92 Å². The van der Waals surface area contributed by atoms with Crippen LogP contribution in [0.4, 0.5) is 13.6 Å². The van der Waals surface area contributed by atoms with Crippen LogP contribution in [0.1, 0.15) is 32.1 Å². The molecule has 2 N–H and O–H groups in total. The van der Waals surface area contributed by atoms with E-state index in [9.17, 15) is 18.4 Å². The molecule has 11 heteroatoms. The van der Waals surface area contributed by atoms with E-state index >= 15 is 0 Å². The van der Waals surface area contributed by atoms with Gasteiger partial charge in [-0.05, 0) is 30.2 Å². The number of alkyl halides is 2. The molecule has 1 saturated heterocycles. The first kappa shape index (κ1) is 24.1. The van der Waals surface area contributed by atoms with Crippen molar-refractivity contribution in [1.29, 1.82) is 0 Å². The molecule has 3 aromatic rings. The van der Waals surface area contributed by atoms with Crippen LogP contribution < -0.4 is 5.32 Å². The Labute approximate surface area is 203 Å². The predicted octanol–water partition coefficient (Wildman–Crippen LogP) is 4.68. The Morgan fingerprint density at radius 1 is 1.29 bits per heavy atom. The summed E-state index contributed by atoms with van der Waals surface area (Å²) in [6.07, 6.45) is 0.145. The molecular formula is C23H24BrF2N5O3. The highest BCUT2D eigenvalue weighted by Crippen LogP contribution is 2.41. The van der Waals surface area contributed by atoms with Gasteiger partial charge in [-0.2, -0.15) is 0 Å². The Morgan fingerprint density at radius 2 is 2.06 bits per heavy atom. The third kappa shape index (κ3) is 4.89. The SMILES string of the molecule is COC(=O)N[C@H](C(=O)N1CC(F)(F)CC1c1ncc(-c2ccc3cc(Br)ccc3n2)[nH]1)C(C)C. The highest BCUT2D eigenvalue weighted by atomic mass is 79.9. The van der Waals surface area contributed by atoms with Crippen molar-refractivity contribution in [3.63, 3.8) is 0 Å². The third-order valence-corrected chi connectivity index (χ3v) is 6.28. The van der Waals surface area contributed by atoms with Crippen molar-refractivity contribution >= 4 is 38.8 Å². The van der Waals surface area contributed by atoms with Gasteiger partial charge in [-0.15, -0.1) is 0 Å². The summed E-state index contributed by atoms with van der Waals surface area (Å²) >= 11 is 3.43. The summed E-state index contributed by atoms with van der Waals surface area (Å²) in [6, 6.07) is 7.44. The number of hydrogen-bond donors (Lipinski definition) is 2. The molecule has 1 aliphatic heterocycles. The summed E-state index contributed by atoms with van der Waals surface area (Å²) in [5.41, 5.74) is 1.92. The number of rotatable bonds is 5. The second-order valence-corrected chi connectivity index (χ2v) is 9.53. The van der Waals surface area contributed by atoms with Crippen LogP contribution in [0.15, 0.2) is 41.0 Å². The Morgan fingerprint density at radius 3 is 2.76 bits per heavy atom. The second kappa shape index (κ2) is 9.28. The molecule has 0 saturated carbocycles. The average molecular weight is 536 g/mol. The van der Waals surface area contributed by atoms with Gasteiger partial charge in [0.15, 0.2) is 0 Å². The predicted molar refractivity (Wildman–Crippen MR) is 125 cm³/mol. The Hall–Kier alpha value is -3.08. The van der Waals surface area contributed by atoms with E-state index in [4.69, 9.17) is 0 Å². The van der Waals surface area contributed by atoms with Gasteiger partial charge >= 0.3 is 6.09 Å². The van der Waals surface area contributed by atoms with Crippen LogP contribution in [0, 0.1) is 5.92 Å². The number of nitrogens with zero attached hydrogens (tertiary/aromatic N) is 3. The van der Waals surface area contributed by atoms with E-state index in [0.29, 0.717) is 11.4 Å². The van der Waals surface area contributed by atoms with Crippen LogP contribution >= 0.6 is 15.9 Å². The summed E-state index contributed by atoms with van der Waals surface area (Å²) in [5, 5.41) is 3.40. The topological polar surface area (TPSA) is 100 Å². The van der Waals surface area contributed by atoms with Gasteiger partial charge in [-0.25, -0.2) is 23.5 Å². The fourth-order valence-electron chi connectivity index (χ4n) is 4.05. The van der Waals surface area contributed by atoms with Gasteiger partial charge in [-0.1, -0.05) is 35.8 Å². The van der Waals surface area contributed by atoms with E-state index in [2.05, 4.69) is 40.9 Å². The number of halogens is 3. The summed E-state index contributed by atoms with van der Waals surface area (Å²) in [5.74, 6) is -3.81. The number of carbonyl (C=O) groups is 2. The van der Waals surface area contributed by atoms with Crippen molar-refractivity contribution in [2.45, 2.75) is 38.3 Å². The van der Waals surface area contributed by atoms with Crippen LogP contribution in [0.25, 0.3) is 22.3 Å². The smallest absolute Gasteiger partial charge is 0.407 e. The zero-order valence-corrected chi connectivity index (χ0v) is 20.4. The molecule has 180 valence electrons. The van der Waals surface area contributed by atoms with Gasteiger partial charge in [0, 0.05) is 16.3 Å². The molecule has 1 unspecified atom stereocenters. The minimum Gasteiger partial charge on any atom is -0.453 e. The quantitative estimate of drug-likeness (QED) is 0.494. The molecule has 1 aromatic carbocycles. The number of ether oxygens (including phenoxy) is 1. The lowest BCUT2D eigenvalue weighted by Gasteiger charge is -2.29. The van der Waals surface area contributed by atoms with Gasteiger partial charge in [0.25, 0.3) is 5.92 Å². The number of likely N-dealkylation sites (tertiary alicyclic amines) is 1. The van der Waals surface area contributed by atoms with Crippen molar-refractivity contribution in [3.8, 4) is 11.4 Å². The summed E-state index contributed by atoms with van der Waals surface area (Å²) in [6.45, 7) is 2.68. The number of H-pyrrole nitrogens is 1. The number of pyridine rings is 1. The molecule has 0 spiro atoms. The number of nitrogens with one attached hydrogen (secondary N) is 2. The number of fused-ring (bicyclic) bond motifs is 1. The van der Waals surface area contributed by atoms with Crippen molar-refractivity contribution in [1.82, 2.24) is 25.2 Å². The zero-order chi connectivity index (χ0) is 24.6. The summed E-state index contributed by atoms with van der Waals surface area (Å²) in [7, 11) is 1.17. The van der Waals surface area contributed by atoms with Crippen molar-refractivity contribution < 1.29 is 23.1 Å². The summed E-state index contributed by atoms with van der Waals surface area (Å²) < 4.78 is 34.4. The molecule has 1 aliphatic rings. The zero-order valence-electron chi connectivity index (χ0n) is 18.8. The molecule has 0 bridgehead atoms. The first-order chi connectivity index (χ1) is 16.1. The van der Waals surface area contributed by atoms with Crippen LogP contribution in [0.2, 0.25) is 0 Å². The molecule has 4 rings (SSSR count). The van der Waals surface area contributed by atoms with Crippen molar-refractivity contribution in [3.05, 3.63) is 46.8 Å². The van der Waals surface area contributed by atoms with Gasteiger partial charge in [0.1, 0.15) is 11.9 Å². The molecule has 2 amide bonds. The number of carbonyl (C=O) groups excluding carboxylic acids is 2. The molecule has 0 aliphatic carbocycles. The molecule has 1 fully saturated rings. The number of methoxy groups -OCH3 is 1. The van der Waals surface area contributed by atoms with Crippen LogP contribution in [0.3, 0.4) is 0 Å². The maximum absolute atomic E-state index is 14.5. The molecule has 34 heavy (non-hydrogen) atoms. The summed E-state index contributed by atoms with van der Waals surface area (Å²) in [4.78, 5) is 38.0. The van der Waals surface area contributed by atoms with Gasteiger partial charge in [0.05, 0.1) is 42.8 Å². The van der Waals surface area contributed by atoms with E-state index in [0.717, 1.165) is 20.3 Å². The normalized spacial score (nSPS) is 18.3. The molecule has 2 atom stereocenters. The standard InChI is InChI=1S/C23H24BrF2N5O3/c1-12(2)19(30-22(33)34-3)21(32)31-11-23(25,26)9-18(31)20-27-10-17(29-20)16-6-4-13-8-14(24)5-7-15(13)28-16/h4-8,10,12,18-19H,9,11H2,1-3H3,(H,27,29)(H,30,33)/t18?,19-/m0/s1.